The Hall–Kier alpha value is -1.55. The van der Waals surface area contributed by atoms with Crippen molar-refractivity contribution in [3.05, 3.63) is 29.3 Å². The van der Waals surface area contributed by atoms with Gasteiger partial charge in [-0.05, 0) is 55.9 Å². The predicted molar refractivity (Wildman–Crippen MR) is 80.6 cm³/mol. The molecule has 0 spiro atoms. The Morgan fingerprint density at radius 3 is 2.67 bits per heavy atom. The number of rotatable bonds is 3. The van der Waals surface area contributed by atoms with Gasteiger partial charge in [-0.3, -0.25) is 4.79 Å². The zero-order valence-corrected chi connectivity index (χ0v) is 12.6. The van der Waals surface area contributed by atoms with Gasteiger partial charge in [-0.25, -0.2) is 0 Å². The number of carbonyl (C=O) groups excluding carboxylic acids is 1. The number of hydrogen-bond donors (Lipinski definition) is 0. The zero-order chi connectivity index (χ0) is 14.7. The topological polar surface area (TPSA) is 38.8 Å². The van der Waals surface area contributed by atoms with E-state index in [1.54, 1.807) is 0 Å². The number of benzene rings is 1. The van der Waals surface area contributed by atoms with Crippen molar-refractivity contribution >= 4 is 5.91 Å². The average molecular weight is 289 g/mol. The standard InChI is InChI=1S/C17H23NO3/c1-13(17(19)18-8-10-20-11-9-18)21-16-7-6-14-4-2-3-5-15(14)12-16/h6-7,12-13H,2-5,8-11H2,1H3. The highest BCUT2D eigenvalue weighted by molar-refractivity contribution is 5.81. The zero-order valence-electron chi connectivity index (χ0n) is 12.6. The maximum Gasteiger partial charge on any atom is 0.263 e. The van der Waals surface area contributed by atoms with Crippen molar-refractivity contribution in [2.45, 2.75) is 38.7 Å². The summed E-state index contributed by atoms with van der Waals surface area (Å²) in [7, 11) is 0. The molecule has 0 radical (unpaired) electrons. The van der Waals surface area contributed by atoms with Crippen LogP contribution in [0.3, 0.4) is 0 Å². The highest BCUT2D eigenvalue weighted by Crippen LogP contribution is 2.26. The summed E-state index contributed by atoms with van der Waals surface area (Å²) in [6.45, 7) is 4.40. The monoisotopic (exact) mass is 289 g/mol. The van der Waals surface area contributed by atoms with E-state index in [9.17, 15) is 4.79 Å². The van der Waals surface area contributed by atoms with Crippen LogP contribution in [0.15, 0.2) is 18.2 Å². The number of aryl methyl sites for hydroxylation is 2. The third-order valence-corrected chi connectivity index (χ3v) is 4.30. The molecule has 4 nitrogen and oxygen atoms in total. The van der Waals surface area contributed by atoms with Crippen molar-refractivity contribution in [2.24, 2.45) is 0 Å². The van der Waals surface area contributed by atoms with E-state index >= 15 is 0 Å². The molecule has 114 valence electrons. The van der Waals surface area contributed by atoms with Gasteiger partial charge in [0.25, 0.3) is 5.91 Å². The van der Waals surface area contributed by atoms with E-state index in [-0.39, 0.29) is 5.91 Å². The molecule has 21 heavy (non-hydrogen) atoms. The summed E-state index contributed by atoms with van der Waals surface area (Å²) in [6.07, 6.45) is 4.37. The fourth-order valence-electron chi connectivity index (χ4n) is 3.08. The molecule has 4 heteroatoms. The van der Waals surface area contributed by atoms with Crippen molar-refractivity contribution in [1.82, 2.24) is 4.90 Å². The molecule has 1 aliphatic carbocycles. The van der Waals surface area contributed by atoms with Gasteiger partial charge in [0, 0.05) is 13.1 Å². The molecule has 0 N–H and O–H groups in total. The summed E-state index contributed by atoms with van der Waals surface area (Å²) in [5.41, 5.74) is 2.81. The number of ether oxygens (including phenoxy) is 2. The molecule has 1 atom stereocenters. The number of fused-ring (bicyclic) bond motifs is 1. The van der Waals surface area contributed by atoms with Crippen LogP contribution in [0.1, 0.15) is 30.9 Å². The molecular weight excluding hydrogens is 266 g/mol. The number of morpholine rings is 1. The second-order valence-corrected chi connectivity index (χ2v) is 5.84. The molecule has 0 bridgehead atoms. The Labute approximate surface area is 126 Å². The van der Waals surface area contributed by atoms with Crippen LogP contribution in [0.25, 0.3) is 0 Å². The highest BCUT2D eigenvalue weighted by atomic mass is 16.5. The SMILES string of the molecule is CC(Oc1ccc2c(c1)CCCC2)C(=O)N1CCOCC1. The lowest BCUT2D eigenvalue weighted by atomic mass is 9.92. The third kappa shape index (κ3) is 3.38. The summed E-state index contributed by atoms with van der Waals surface area (Å²) in [6, 6.07) is 6.25. The van der Waals surface area contributed by atoms with Crippen molar-refractivity contribution in [3.63, 3.8) is 0 Å². The van der Waals surface area contributed by atoms with Crippen molar-refractivity contribution < 1.29 is 14.3 Å². The summed E-state index contributed by atoms with van der Waals surface area (Å²) in [4.78, 5) is 14.2. The van der Waals surface area contributed by atoms with Gasteiger partial charge < -0.3 is 14.4 Å². The quantitative estimate of drug-likeness (QED) is 0.856. The molecule has 1 amide bonds. The first kappa shape index (κ1) is 14.4. The fraction of sp³-hybridized carbons (Fsp3) is 0.588. The van der Waals surface area contributed by atoms with Gasteiger partial charge in [0.2, 0.25) is 0 Å². The van der Waals surface area contributed by atoms with E-state index in [0.29, 0.717) is 26.3 Å². The van der Waals surface area contributed by atoms with Crippen LogP contribution in [0, 0.1) is 0 Å². The van der Waals surface area contributed by atoms with Crippen LogP contribution in [0.5, 0.6) is 5.75 Å². The minimum atomic E-state index is -0.440. The molecule has 1 saturated heterocycles. The molecule has 1 fully saturated rings. The fourth-order valence-corrected chi connectivity index (χ4v) is 3.08. The van der Waals surface area contributed by atoms with Crippen LogP contribution in [-0.4, -0.2) is 43.2 Å². The molecule has 1 heterocycles. The maximum absolute atomic E-state index is 12.3. The van der Waals surface area contributed by atoms with Crippen molar-refractivity contribution in [2.75, 3.05) is 26.3 Å². The van der Waals surface area contributed by atoms with Gasteiger partial charge in [-0.1, -0.05) is 6.07 Å². The molecule has 3 rings (SSSR count). The van der Waals surface area contributed by atoms with E-state index in [2.05, 4.69) is 12.1 Å². The number of amides is 1. The Kier molecular flexibility index (Phi) is 4.44. The lowest BCUT2D eigenvalue weighted by Crippen LogP contribution is -2.46. The molecule has 1 aromatic rings. The molecule has 1 aromatic carbocycles. The van der Waals surface area contributed by atoms with Crippen LogP contribution in [-0.2, 0) is 22.4 Å². The molecular formula is C17H23NO3. The van der Waals surface area contributed by atoms with Gasteiger partial charge in [-0.2, -0.15) is 0 Å². The van der Waals surface area contributed by atoms with E-state index in [1.807, 2.05) is 17.9 Å². The second kappa shape index (κ2) is 6.48. The van der Waals surface area contributed by atoms with E-state index in [4.69, 9.17) is 9.47 Å². The molecule has 2 aliphatic rings. The summed E-state index contributed by atoms with van der Waals surface area (Å²) in [5.74, 6) is 0.862. The predicted octanol–water partition coefficient (Wildman–Crippen LogP) is 2.19. The van der Waals surface area contributed by atoms with Gasteiger partial charge in [0.05, 0.1) is 13.2 Å². The van der Waals surface area contributed by atoms with E-state index < -0.39 is 6.10 Å². The first-order valence-electron chi connectivity index (χ1n) is 7.89. The Balaban J connectivity index is 1.63. The molecule has 1 unspecified atom stereocenters. The Morgan fingerprint density at radius 2 is 1.90 bits per heavy atom. The second-order valence-electron chi connectivity index (χ2n) is 5.84. The summed E-state index contributed by atoms with van der Waals surface area (Å²) < 4.78 is 11.1. The van der Waals surface area contributed by atoms with Crippen LogP contribution < -0.4 is 4.74 Å². The smallest absolute Gasteiger partial charge is 0.263 e. The minimum absolute atomic E-state index is 0.0519. The molecule has 1 aliphatic heterocycles. The van der Waals surface area contributed by atoms with E-state index in [0.717, 1.165) is 18.6 Å². The summed E-state index contributed by atoms with van der Waals surface area (Å²) in [5, 5.41) is 0. The average Bonchev–Trinajstić information content (AvgIpc) is 2.55. The number of hydrogen-bond acceptors (Lipinski definition) is 3. The number of nitrogens with zero attached hydrogens (tertiary/aromatic N) is 1. The Morgan fingerprint density at radius 1 is 1.19 bits per heavy atom. The van der Waals surface area contributed by atoms with Crippen molar-refractivity contribution in [3.8, 4) is 5.75 Å². The van der Waals surface area contributed by atoms with Crippen molar-refractivity contribution in [1.29, 1.82) is 0 Å². The van der Waals surface area contributed by atoms with Gasteiger partial charge in [0.1, 0.15) is 5.75 Å². The normalized spacial score (nSPS) is 19.8. The minimum Gasteiger partial charge on any atom is -0.481 e. The third-order valence-electron chi connectivity index (χ3n) is 4.30. The maximum atomic E-state index is 12.3. The largest absolute Gasteiger partial charge is 0.481 e. The van der Waals surface area contributed by atoms with Gasteiger partial charge in [0.15, 0.2) is 6.10 Å². The first-order valence-corrected chi connectivity index (χ1v) is 7.89. The molecule has 0 saturated carbocycles. The highest BCUT2D eigenvalue weighted by Gasteiger charge is 2.24. The van der Waals surface area contributed by atoms with Crippen LogP contribution in [0.4, 0.5) is 0 Å². The number of carbonyl (C=O) groups is 1. The van der Waals surface area contributed by atoms with Gasteiger partial charge in [-0.15, -0.1) is 0 Å². The van der Waals surface area contributed by atoms with E-state index in [1.165, 1.54) is 24.0 Å². The Bertz CT molecular complexity index is 509. The first-order chi connectivity index (χ1) is 10.2. The van der Waals surface area contributed by atoms with Crippen LogP contribution >= 0.6 is 0 Å². The van der Waals surface area contributed by atoms with Gasteiger partial charge >= 0.3 is 0 Å². The lowest BCUT2D eigenvalue weighted by Gasteiger charge is -2.29. The lowest BCUT2D eigenvalue weighted by molar-refractivity contribution is -0.142. The molecule has 0 aromatic heterocycles. The van der Waals surface area contributed by atoms with Crippen LogP contribution in [0.2, 0.25) is 0 Å². The summed E-state index contributed by atoms with van der Waals surface area (Å²) >= 11 is 0.